The minimum absolute atomic E-state index is 0.426. The number of rotatable bonds is 7. The lowest BCUT2D eigenvalue weighted by molar-refractivity contribution is 0.409. The smallest absolute Gasteiger partial charge is 0.143 e. The summed E-state index contributed by atoms with van der Waals surface area (Å²) in [5.41, 5.74) is 1.16. The summed E-state index contributed by atoms with van der Waals surface area (Å²) in [6.45, 7) is 8.47. The van der Waals surface area contributed by atoms with Gasteiger partial charge in [-0.1, -0.05) is 20.8 Å². The Morgan fingerprint density at radius 3 is 2.47 bits per heavy atom. The second-order valence-electron chi connectivity index (χ2n) is 5.32. The molecule has 0 aliphatic carbocycles. The Balaban J connectivity index is 3.00. The van der Waals surface area contributed by atoms with Crippen molar-refractivity contribution in [2.45, 2.75) is 39.5 Å². The van der Waals surface area contributed by atoms with Crippen LogP contribution in [0.3, 0.4) is 0 Å². The number of hydrogen-bond acceptors (Lipinski definition) is 4. The summed E-state index contributed by atoms with van der Waals surface area (Å²) >= 11 is 2.36. The summed E-state index contributed by atoms with van der Waals surface area (Å²) in [6, 6.07) is 0. The van der Waals surface area contributed by atoms with Gasteiger partial charge in [0, 0.05) is 19.5 Å². The fourth-order valence-corrected chi connectivity index (χ4v) is 2.75. The summed E-state index contributed by atoms with van der Waals surface area (Å²) in [6.07, 6.45) is 1.99. The van der Waals surface area contributed by atoms with Gasteiger partial charge in [-0.2, -0.15) is 0 Å². The monoisotopic (exact) mass is 376 g/mol. The van der Waals surface area contributed by atoms with E-state index in [1.807, 2.05) is 0 Å². The maximum absolute atomic E-state index is 4.73. The first kappa shape index (κ1) is 16.6. The van der Waals surface area contributed by atoms with Gasteiger partial charge < -0.3 is 10.2 Å². The lowest BCUT2D eigenvalue weighted by Crippen LogP contribution is -2.18. The van der Waals surface area contributed by atoms with E-state index in [-0.39, 0.29) is 0 Å². The van der Waals surface area contributed by atoms with Crippen molar-refractivity contribution in [1.82, 2.24) is 14.9 Å². The molecule has 0 amide bonds. The van der Waals surface area contributed by atoms with Crippen molar-refractivity contribution in [1.29, 1.82) is 0 Å². The van der Waals surface area contributed by atoms with Crippen molar-refractivity contribution < 1.29 is 0 Å². The molecule has 1 heterocycles. The molecule has 0 fully saturated rings. The zero-order valence-electron chi connectivity index (χ0n) is 12.6. The molecule has 0 saturated heterocycles. The van der Waals surface area contributed by atoms with Crippen LogP contribution in [0, 0.1) is 3.57 Å². The van der Waals surface area contributed by atoms with Crippen LogP contribution in [0.4, 0.5) is 5.82 Å². The van der Waals surface area contributed by atoms with Crippen molar-refractivity contribution in [2.75, 3.05) is 32.5 Å². The first-order chi connectivity index (χ1) is 8.95. The van der Waals surface area contributed by atoms with Crippen LogP contribution < -0.4 is 5.32 Å². The minimum atomic E-state index is 0.426. The fraction of sp³-hybridized carbons (Fsp3) is 0.714. The van der Waals surface area contributed by atoms with Crippen molar-refractivity contribution in [2.24, 2.45) is 0 Å². The van der Waals surface area contributed by atoms with Crippen LogP contribution >= 0.6 is 22.6 Å². The Kier molecular flexibility index (Phi) is 6.99. The van der Waals surface area contributed by atoms with Crippen LogP contribution in [0.2, 0.25) is 0 Å². The lowest BCUT2D eigenvalue weighted by atomic mass is 10.1. The molecule has 19 heavy (non-hydrogen) atoms. The van der Waals surface area contributed by atoms with E-state index in [1.54, 1.807) is 0 Å². The Bertz CT molecular complexity index is 405. The molecule has 5 heteroatoms. The normalized spacial score (nSPS) is 11.4. The highest BCUT2D eigenvalue weighted by molar-refractivity contribution is 14.1. The van der Waals surface area contributed by atoms with Gasteiger partial charge in [-0.05, 0) is 49.0 Å². The van der Waals surface area contributed by atoms with Gasteiger partial charge in [0.2, 0.25) is 0 Å². The average molecular weight is 376 g/mol. The van der Waals surface area contributed by atoms with Gasteiger partial charge in [-0.15, -0.1) is 0 Å². The highest BCUT2D eigenvalue weighted by atomic mass is 127. The summed E-state index contributed by atoms with van der Waals surface area (Å²) in [4.78, 5) is 11.6. The molecule has 0 atom stereocenters. The number of aromatic nitrogens is 2. The van der Waals surface area contributed by atoms with E-state index in [4.69, 9.17) is 4.98 Å². The Morgan fingerprint density at radius 2 is 1.95 bits per heavy atom. The zero-order chi connectivity index (χ0) is 14.4. The molecule has 0 aliphatic heterocycles. The third-order valence-electron chi connectivity index (χ3n) is 2.80. The maximum Gasteiger partial charge on any atom is 0.143 e. The summed E-state index contributed by atoms with van der Waals surface area (Å²) in [7, 11) is 4.15. The quantitative estimate of drug-likeness (QED) is 0.743. The number of nitrogens with zero attached hydrogens (tertiary/aromatic N) is 3. The van der Waals surface area contributed by atoms with Crippen LogP contribution in [0.25, 0.3) is 0 Å². The molecular weight excluding hydrogens is 351 g/mol. The van der Waals surface area contributed by atoms with Crippen LogP contribution in [-0.2, 0) is 6.42 Å². The lowest BCUT2D eigenvalue weighted by Gasteiger charge is -2.15. The molecule has 0 saturated carbocycles. The first-order valence-corrected chi connectivity index (χ1v) is 7.98. The fourth-order valence-electron chi connectivity index (χ4n) is 1.69. The van der Waals surface area contributed by atoms with Gasteiger partial charge in [0.05, 0.1) is 9.26 Å². The number of nitrogens with one attached hydrogen (secondary N) is 1. The minimum Gasteiger partial charge on any atom is -0.369 e. The van der Waals surface area contributed by atoms with Gasteiger partial charge in [0.1, 0.15) is 11.6 Å². The van der Waals surface area contributed by atoms with Gasteiger partial charge in [0.15, 0.2) is 0 Å². The standard InChI is InChI=1S/C14H25IN4/c1-6-8-16-14-12(15)13(10(2)3)17-11(18-14)7-9-19(4)5/h10H,6-9H2,1-5H3,(H,16,17,18). The molecule has 0 aliphatic rings. The van der Waals surface area contributed by atoms with Crippen molar-refractivity contribution in [3.63, 3.8) is 0 Å². The zero-order valence-corrected chi connectivity index (χ0v) is 14.8. The average Bonchev–Trinajstić information content (AvgIpc) is 2.35. The molecular formula is C14H25IN4. The molecule has 0 spiro atoms. The third kappa shape index (κ3) is 5.22. The maximum atomic E-state index is 4.73. The second kappa shape index (κ2) is 7.99. The molecule has 0 unspecified atom stereocenters. The van der Waals surface area contributed by atoms with Crippen LogP contribution in [0.1, 0.15) is 44.6 Å². The van der Waals surface area contributed by atoms with Gasteiger partial charge in [-0.25, -0.2) is 9.97 Å². The van der Waals surface area contributed by atoms with Crippen molar-refractivity contribution in [3.8, 4) is 0 Å². The Hall–Kier alpha value is -0.430. The predicted molar refractivity (Wildman–Crippen MR) is 89.9 cm³/mol. The SMILES string of the molecule is CCCNc1nc(CCN(C)C)nc(C(C)C)c1I. The van der Waals surface area contributed by atoms with E-state index in [1.165, 1.54) is 0 Å². The van der Waals surface area contributed by atoms with Gasteiger partial charge >= 0.3 is 0 Å². The van der Waals surface area contributed by atoms with Crippen LogP contribution in [0.5, 0.6) is 0 Å². The van der Waals surface area contributed by atoms with E-state index in [2.05, 4.69) is 72.7 Å². The number of hydrogen-bond donors (Lipinski definition) is 1. The van der Waals surface area contributed by atoms with Crippen molar-refractivity contribution >= 4 is 28.4 Å². The molecule has 108 valence electrons. The van der Waals surface area contributed by atoms with Crippen LogP contribution in [0.15, 0.2) is 0 Å². The van der Waals surface area contributed by atoms with Crippen LogP contribution in [-0.4, -0.2) is 42.1 Å². The largest absolute Gasteiger partial charge is 0.369 e. The molecule has 0 bridgehead atoms. The molecule has 1 rings (SSSR count). The van der Waals surface area contributed by atoms with Crippen molar-refractivity contribution in [3.05, 3.63) is 15.1 Å². The molecule has 0 aromatic carbocycles. The Labute approximate surface area is 130 Å². The first-order valence-electron chi connectivity index (χ1n) is 6.90. The number of likely N-dealkylation sites (N-methyl/N-ethyl adjacent to an activating group) is 1. The highest BCUT2D eigenvalue weighted by Gasteiger charge is 2.14. The molecule has 4 nitrogen and oxygen atoms in total. The molecule has 1 N–H and O–H groups in total. The van der Waals surface area contributed by atoms with E-state index < -0.39 is 0 Å². The van der Waals surface area contributed by atoms with E-state index in [9.17, 15) is 0 Å². The topological polar surface area (TPSA) is 41.1 Å². The molecule has 0 radical (unpaired) electrons. The Morgan fingerprint density at radius 1 is 1.26 bits per heavy atom. The van der Waals surface area contributed by atoms with E-state index in [0.717, 1.165) is 46.8 Å². The molecule has 1 aromatic rings. The third-order valence-corrected chi connectivity index (χ3v) is 3.86. The summed E-state index contributed by atoms with van der Waals surface area (Å²) < 4.78 is 1.16. The number of halogens is 1. The number of anilines is 1. The van der Waals surface area contributed by atoms with Gasteiger partial charge in [-0.3, -0.25) is 0 Å². The predicted octanol–water partition coefficient (Wildman–Crippen LogP) is 3.13. The second-order valence-corrected chi connectivity index (χ2v) is 6.40. The summed E-state index contributed by atoms with van der Waals surface area (Å²) in [5.74, 6) is 2.36. The molecule has 1 aromatic heterocycles. The summed E-state index contributed by atoms with van der Waals surface area (Å²) in [5, 5.41) is 3.41. The van der Waals surface area contributed by atoms with Gasteiger partial charge in [0.25, 0.3) is 0 Å². The van der Waals surface area contributed by atoms with E-state index in [0.29, 0.717) is 5.92 Å². The van der Waals surface area contributed by atoms with E-state index >= 15 is 0 Å². The highest BCUT2D eigenvalue weighted by Crippen LogP contribution is 2.25.